The molecule has 13 nitrogen and oxygen atoms in total. The number of hydrogen-bond donors (Lipinski definition) is 3. The summed E-state index contributed by atoms with van der Waals surface area (Å²) in [6.07, 6.45) is -0.579. The van der Waals surface area contributed by atoms with Crippen molar-refractivity contribution in [1.82, 2.24) is 14.8 Å². The Hall–Kier alpha value is -4.49. The van der Waals surface area contributed by atoms with Crippen LogP contribution in [0, 0.1) is 12.7 Å². The molecule has 2 aliphatic rings. The van der Waals surface area contributed by atoms with Crippen molar-refractivity contribution in [3.8, 4) is 5.75 Å². The summed E-state index contributed by atoms with van der Waals surface area (Å²) in [5.74, 6) is -6.80. The topological polar surface area (TPSA) is 190 Å². The van der Waals surface area contributed by atoms with Gasteiger partial charge >= 0.3 is 18.0 Å². The van der Waals surface area contributed by atoms with E-state index < -0.39 is 64.9 Å². The summed E-state index contributed by atoms with van der Waals surface area (Å²) in [6, 6.07) is 2.88. The number of aliphatic carboxylic acids is 2. The van der Waals surface area contributed by atoms with Gasteiger partial charge in [-0.25, -0.2) is 14.0 Å². The molecule has 4 rings (SSSR count). The van der Waals surface area contributed by atoms with Crippen LogP contribution in [0.1, 0.15) is 66.6 Å². The Morgan fingerprint density at radius 1 is 1.10 bits per heavy atom. The van der Waals surface area contributed by atoms with Crippen molar-refractivity contribution < 1.29 is 48.0 Å². The number of carboxylic acids is 2. The SMILES string of the molecule is CCOC(=O)N1CCN(C(=O)C(CCC(=O)O)c2nc3ccc(C)c(F)c3c(OC3(C(=O)O)CCC3)c2C(N)=O)CC1. The molecule has 1 saturated heterocycles. The van der Waals surface area contributed by atoms with Gasteiger partial charge < -0.3 is 35.2 Å². The maximum Gasteiger partial charge on any atom is 0.409 e. The van der Waals surface area contributed by atoms with E-state index in [0.29, 0.717) is 6.42 Å². The number of carboxylic acid groups (broad SMARTS) is 2. The van der Waals surface area contributed by atoms with E-state index in [2.05, 4.69) is 4.98 Å². The molecule has 0 spiro atoms. The first-order valence-corrected chi connectivity index (χ1v) is 13.7. The molecule has 1 aromatic heterocycles. The molecule has 0 bridgehead atoms. The fourth-order valence-corrected chi connectivity index (χ4v) is 5.24. The normalized spacial score (nSPS) is 16.8. The number of nitrogens with two attached hydrogens (primary N) is 1. The van der Waals surface area contributed by atoms with E-state index in [1.807, 2.05) is 0 Å². The Morgan fingerprint density at radius 2 is 1.74 bits per heavy atom. The highest BCUT2D eigenvalue weighted by molar-refractivity contribution is 6.05. The molecular weight excluding hydrogens is 555 g/mol. The highest BCUT2D eigenvalue weighted by atomic mass is 19.1. The van der Waals surface area contributed by atoms with Crippen LogP contribution in [0.3, 0.4) is 0 Å². The number of nitrogens with zero attached hydrogens (tertiary/aromatic N) is 3. The number of hydrogen-bond acceptors (Lipinski definition) is 8. The molecule has 14 heteroatoms. The molecule has 2 heterocycles. The number of ether oxygens (including phenoxy) is 2. The van der Waals surface area contributed by atoms with E-state index in [1.54, 1.807) is 6.92 Å². The van der Waals surface area contributed by atoms with Gasteiger partial charge in [-0.05, 0) is 51.2 Å². The van der Waals surface area contributed by atoms with Gasteiger partial charge in [-0.2, -0.15) is 0 Å². The molecular formula is C28H33FN4O9. The first-order chi connectivity index (χ1) is 19.9. The average Bonchev–Trinajstić information content (AvgIpc) is 2.92. The van der Waals surface area contributed by atoms with Crippen molar-refractivity contribution in [2.24, 2.45) is 5.73 Å². The molecule has 226 valence electrons. The summed E-state index contributed by atoms with van der Waals surface area (Å²) in [6.45, 7) is 3.84. The first-order valence-electron chi connectivity index (χ1n) is 13.7. The van der Waals surface area contributed by atoms with E-state index in [-0.39, 0.29) is 74.2 Å². The summed E-state index contributed by atoms with van der Waals surface area (Å²) >= 11 is 0. The lowest BCUT2D eigenvalue weighted by Crippen LogP contribution is -2.52. The van der Waals surface area contributed by atoms with Crippen LogP contribution in [0.25, 0.3) is 10.9 Å². The number of rotatable bonds is 10. The number of primary amides is 1. The van der Waals surface area contributed by atoms with Gasteiger partial charge in [-0.3, -0.25) is 19.4 Å². The molecule has 3 amide bonds. The van der Waals surface area contributed by atoms with Crippen LogP contribution in [0.5, 0.6) is 5.75 Å². The second-order valence-electron chi connectivity index (χ2n) is 10.4. The van der Waals surface area contributed by atoms with Crippen LogP contribution >= 0.6 is 0 Å². The van der Waals surface area contributed by atoms with Gasteiger partial charge in [0.05, 0.1) is 29.1 Å². The van der Waals surface area contributed by atoms with Gasteiger partial charge in [0.1, 0.15) is 17.1 Å². The smallest absolute Gasteiger partial charge is 0.409 e. The van der Waals surface area contributed by atoms with Crippen LogP contribution in [0.4, 0.5) is 9.18 Å². The van der Waals surface area contributed by atoms with E-state index in [4.69, 9.17) is 15.2 Å². The molecule has 2 fully saturated rings. The first kappa shape index (κ1) is 30.5. The number of fused-ring (bicyclic) bond motifs is 1. The van der Waals surface area contributed by atoms with E-state index in [9.17, 15) is 34.2 Å². The van der Waals surface area contributed by atoms with Gasteiger partial charge in [-0.15, -0.1) is 0 Å². The molecule has 1 unspecified atom stereocenters. The van der Waals surface area contributed by atoms with Gasteiger partial charge in [0.15, 0.2) is 0 Å². The predicted molar refractivity (Wildman–Crippen MR) is 145 cm³/mol. The number of carbonyl (C=O) groups excluding carboxylic acids is 3. The summed E-state index contributed by atoms with van der Waals surface area (Å²) < 4.78 is 26.6. The Bertz CT molecular complexity index is 1430. The van der Waals surface area contributed by atoms with Crippen LogP contribution in [0.15, 0.2) is 12.1 Å². The number of pyridine rings is 1. The molecule has 1 aliphatic carbocycles. The Kier molecular flexibility index (Phi) is 8.83. The lowest BCUT2D eigenvalue weighted by Gasteiger charge is -2.39. The van der Waals surface area contributed by atoms with E-state index >= 15 is 4.39 Å². The number of benzene rings is 1. The number of halogens is 1. The maximum absolute atomic E-state index is 15.6. The van der Waals surface area contributed by atoms with Crippen LogP contribution < -0.4 is 10.5 Å². The molecule has 4 N–H and O–H groups in total. The van der Waals surface area contributed by atoms with Crippen molar-refractivity contribution in [1.29, 1.82) is 0 Å². The zero-order valence-electron chi connectivity index (χ0n) is 23.4. The average molecular weight is 589 g/mol. The highest BCUT2D eigenvalue weighted by Crippen LogP contribution is 2.44. The number of carbonyl (C=O) groups is 5. The Balaban J connectivity index is 1.85. The fraction of sp³-hybridized carbons (Fsp3) is 0.500. The summed E-state index contributed by atoms with van der Waals surface area (Å²) in [5, 5.41) is 19.1. The molecule has 2 aromatic rings. The lowest BCUT2D eigenvalue weighted by atomic mass is 9.80. The van der Waals surface area contributed by atoms with Gasteiger partial charge in [0, 0.05) is 32.6 Å². The van der Waals surface area contributed by atoms with E-state index in [0.717, 1.165) is 0 Å². The lowest BCUT2D eigenvalue weighted by molar-refractivity contribution is -0.163. The minimum Gasteiger partial charge on any atom is -0.481 e. The second-order valence-corrected chi connectivity index (χ2v) is 10.4. The van der Waals surface area contributed by atoms with Crippen molar-refractivity contribution in [3.05, 3.63) is 34.8 Å². The van der Waals surface area contributed by atoms with Crippen LogP contribution in [-0.2, 0) is 19.1 Å². The minimum atomic E-state index is -1.74. The highest BCUT2D eigenvalue weighted by Gasteiger charge is 2.49. The third kappa shape index (κ3) is 5.78. The number of amides is 3. The summed E-state index contributed by atoms with van der Waals surface area (Å²) in [5.41, 5.74) is 3.48. The number of piperazine rings is 1. The Morgan fingerprint density at radius 3 is 2.26 bits per heavy atom. The van der Waals surface area contributed by atoms with Gasteiger partial charge in [0.2, 0.25) is 11.5 Å². The van der Waals surface area contributed by atoms with Gasteiger partial charge in [0.25, 0.3) is 5.91 Å². The third-order valence-corrected chi connectivity index (χ3v) is 7.75. The van der Waals surface area contributed by atoms with Crippen LogP contribution in [-0.4, -0.2) is 93.2 Å². The summed E-state index contributed by atoms with van der Waals surface area (Å²) in [7, 11) is 0. The third-order valence-electron chi connectivity index (χ3n) is 7.75. The second kappa shape index (κ2) is 12.2. The zero-order chi connectivity index (χ0) is 30.8. The van der Waals surface area contributed by atoms with Gasteiger partial charge in [-0.1, -0.05) is 6.07 Å². The maximum atomic E-state index is 15.6. The minimum absolute atomic E-state index is 0.0202. The molecule has 1 aliphatic heterocycles. The molecule has 42 heavy (non-hydrogen) atoms. The molecule has 1 atom stereocenters. The predicted octanol–water partition coefficient (Wildman–Crippen LogP) is 2.42. The molecule has 0 radical (unpaired) electrons. The van der Waals surface area contributed by atoms with Crippen molar-refractivity contribution >= 4 is 40.7 Å². The van der Waals surface area contributed by atoms with Crippen molar-refractivity contribution in [2.45, 2.75) is 57.5 Å². The monoisotopic (exact) mass is 588 g/mol. The standard InChI is InChI=1S/C28H33FN4O9/c1-3-41-27(40)33-13-11-32(12-14-33)25(37)16(6-8-18(34)35)22-20(24(30)36)23(42-28(26(38)39)9-4-10-28)19-17(31-22)7-5-15(2)21(19)29/h5,7,16H,3-4,6,8-14H2,1-2H3,(H2,30,36)(H,34,35)(H,38,39). The molecule has 1 saturated carbocycles. The number of aryl methyl sites for hydroxylation is 1. The summed E-state index contributed by atoms with van der Waals surface area (Å²) in [4.78, 5) is 70.1. The largest absolute Gasteiger partial charge is 0.481 e. The quantitative estimate of drug-likeness (QED) is 0.372. The zero-order valence-corrected chi connectivity index (χ0v) is 23.4. The van der Waals surface area contributed by atoms with Crippen LogP contribution in [0.2, 0.25) is 0 Å². The van der Waals surface area contributed by atoms with E-state index in [1.165, 1.54) is 28.9 Å². The van der Waals surface area contributed by atoms with Crippen molar-refractivity contribution in [3.63, 3.8) is 0 Å². The number of aromatic nitrogens is 1. The fourth-order valence-electron chi connectivity index (χ4n) is 5.24. The molecule has 1 aromatic carbocycles. The Labute approximate surface area is 240 Å². The van der Waals surface area contributed by atoms with Crippen molar-refractivity contribution in [2.75, 3.05) is 32.8 Å².